The van der Waals surface area contributed by atoms with Gasteiger partial charge < -0.3 is 19.7 Å². The molecular weight excluding hydrogens is 372 g/mol. The largest absolute Gasteiger partial charge is 0.489 e. The molecule has 8 nitrogen and oxygen atoms in total. The maximum Gasteiger partial charge on any atom is 0.289 e. The average molecular weight is 396 g/mol. The number of nitrogens with zero attached hydrogens (tertiary/aromatic N) is 3. The normalized spacial score (nSPS) is 23.1. The molecule has 1 N–H and O–H groups in total. The number of hydrogen-bond acceptors (Lipinski definition) is 6. The van der Waals surface area contributed by atoms with Crippen molar-refractivity contribution in [1.82, 2.24) is 15.3 Å². The average Bonchev–Trinajstić information content (AvgIpc) is 3.00. The van der Waals surface area contributed by atoms with Crippen LogP contribution in [0.4, 0.5) is 5.69 Å². The minimum atomic E-state index is -0.838. The standard InChI is InChI=1S/C21H24N4O4/c1-4-9-21(2)17-13(11-29-21)10-22-18(24-17)19(26)23-14-12-28-16-8-6-5-7-15(16)25(3)20(14)27/h5-8,10,14H,4,9,11-12H2,1-3H3,(H,23,26). The van der Waals surface area contributed by atoms with Crippen LogP contribution in [0.25, 0.3) is 0 Å². The van der Waals surface area contributed by atoms with Crippen molar-refractivity contribution >= 4 is 17.5 Å². The number of benzene rings is 1. The second-order valence-corrected chi connectivity index (χ2v) is 7.54. The fourth-order valence-corrected chi connectivity index (χ4v) is 3.83. The van der Waals surface area contributed by atoms with Gasteiger partial charge in [-0.3, -0.25) is 9.59 Å². The van der Waals surface area contributed by atoms with Crippen LogP contribution >= 0.6 is 0 Å². The van der Waals surface area contributed by atoms with Gasteiger partial charge in [0.2, 0.25) is 5.82 Å². The van der Waals surface area contributed by atoms with Gasteiger partial charge in [-0.25, -0.2) is 9.97 Å². The van der Waals surface area contributed by atoms with Gasteiger partial charge in [0.05, 0.1) is 18.0 Å². The third kappa shape index (κ3) is 3.44. The smallest absolute Gasteiger partial charge is 0.289 e. The van der Waals surface area contributed by atoms with Gasteiger partial charge in [-0.15, -0.1) is 0 Å². The fourth-order valence-electron chi connectivity index (χ4n) is 3.83. The molecule has 8 heteroatoms. The summed E-state index contributed by atoms with van der Waals surface area (Å²) in [5, 5.41) is 2.72. The van der Waals surface area contributed by atoms with E-state index in [-0.39, 0.29) is 18.3 Å². The third-order valence-electron chi connectivity index (χ3n) is 5.41. The van der Waals surface area contributed by atoms with E-state index in [4.69, 9.17) is 9.47 Å². The van der Waals surface area contributed by atoms with E-state index in [9.17, 15) is 9.59 Å². The van der Waals surface area contributed by atoms with Crippen molar-refractivity contribution in [2.45, 2.75) is 44.9 Å². The third-order valence-corrected chi connectivity index (χ3v) is 5.41. The molecule has 152 valence electrons. The van der Waals surface area contributed by atoms with E-state index in [1.807, 2.05) is 19.1 Å². The molecule has 2 amide bonds. The van der Waals surface area contributed by atoms with E-state index in [1.54, 1.807) is 25.4 Å². The predicted molar refractivity (Wildman–Crippen MR) is 106 cm³/mol. The summed E-state index contributed by atoms with van der Waals surface area (Å²) in [5.41, 5.74) is 1.77. The van der Waals surface area contributed by atoms with E-state index in [2.05, 4.69) is 22.2 Å². The predicted octanol–water partition coefficient (Wildman–Crippen LogP) is 2.18. The zero-order valence-corrected chi connectivity index (χ0v) is 16.8. The molecule has 0 spiro atoms. The van der Waals surface area contributed by atoms with Gasteiger partial charge in [-0.2, -0.15) is 0 Å². The Morgan fingerprint density at radius 3 is 2.97 bits per heavy atom. The van der Waals surface area contributed by atoms with Gasteiger partial charge in [0.1, 0.15) is 24.0 Å². The molecule has 4 rings (SSSR count). The molecule has 0 saturated carbocycles. The van der Waals surface area contributed by atoms with Crippen molar-refractivity contribution in [3.63, 3.8) is 0 Å². The lowest BCUT2D eigenvalue weighted by Crippen LogP contribution is -2.49. The van der Waals surface area contributed by atoms with E-state index in [0.29, 0.717) is 18.0 Å². The van der Waals surface area contributed by atoms with Crippen LogP contribution in [0.2, 0.25) is 0 Å². The summed E-state index contributed by atoms with van der Waals surface area (Å²) in [7, 11) is 1.66. The lowest BCUT2D eigenvalue weighted by atomic mass is 9.95. The monoisotopic (exact) mass is 396 g/mol. The molecule has 3 heterocycles. The zero-order chi connectivity index (χ0) is 20.6. The number of para-hydroxylation sites is 2. The highest BCUT2D eigenvalue weighted by Crippen LogP contribution is 2.38. The summed E-state index contributed by atoms with van der Waals surface area (Å²) in [4.78, 5) is 35.8. The number of fused-ring (bicyclic) bond motifs is 2. The first-order valence-electron chi connectivity index (χ1n) is 9.73. The summed E-state index contributed by atoms with van der Waals surface area (Å²) in [6.07, 6.45) is 3.36. The molecule has 1 aromatic heterocycles. The molecule has 2 aliphatic heterocycles. The number of likely N-dealkylation sites (N-methyl/N-ethyl adjacent to an activating group) is 1. The van der Waals surface area contributed by atoms with Gasteiger partial charge in [0, 0.05) is 18.8 Å². The highest BCUT2D eigenvalue weighted by molar-refractivity contribution is 6.02. The number of carbonyl (C=O) groups is 2. The highest BCUT2D eigenvalue weighted by Gasteiger charge is 2.38. The first-order valence-corrected chi connectivity index (χ1v) is 9.73. The van der Waals surface area contributed by atoms with E-state index in [0.717, 1.165) is 24.1 Å². The van der Waals surface area contributed by atoms with Crippen LogP contribution < -0.4 is 15.0 Å². The summed E-state index contributed by atoms with van der Waals surface area (Å²) in [5.74, 6) is -0.154. The molecule has 0 radical (unpaired) electrons. The number of amides is 2. The number of anilines is 1. The Morgan fingerprint density at radius 1 is 1.38 bits per heavy atom. The van der Waals surface area contributed by atoms with Crippen LogP contribution in [0, 0.1) is 0 Å². The van der Waals surface area contributed by atoms with Crippen molar-refractivity contribution in [3.8, 4) is 5.75 Å². The quantitative estimate of drug-likeness (QED) is 0.851. The van der Waals surface area contributed by atoms with Crippen molar-refractivity contribution in [3.05, 3.63) is 47.5 Å². The first kappa shape index (κ1) is 19.3. The zero-order valence-electron chi connectivity index (χ0n) is 16.8. The number of rotatable bonds is 4. The summed E-state index contributed by atoms with van der Waals surface area (Å²) in [6, 6.07) is 6.43. The molecule has 2 unspecified atom stereocenters. The second kappa shape index (κ2) is 7.44. The Balaban J connectivity index is 1.54. The van der Waals surface area contributed by atoms with Crippen LogP contribution in [-0.2, 0) is 21.7 Å². The van der Waals surface area contributed by atoms with Crippen LogP contribution in [0.5, 0.6) is 5.75 Å². The fraction of sp³-hybridized carbons (Fsp3) is 0.429. The molecule has 0 bridgehead atoms. The van der Waals surface area contributed by atoms with Crippen LogP contribution in [0.15, 0.2) is 30.5 Å². The minimum Gasteiger partial charge on any atom is -0.489 e. The Kier molecular flexibility index (Phi) is 4.96. The van der Waals surface area contributed by atoms with Gasteiger partial charge in [-0.1, -0.05) is 25.5 Å². The van der Waals surface area contributed by atoms with Gasteiger partial charge >= 0.3 is 0 Å². The van der Waals surface area contributed by atoms with Crippen LogP contribution in [-0.4, -0.2) is 41.5 Å². The first-order chi connectivity index (χ1) is 13.9. The molecule has 29 heavy (non-hydrogen) atoms. The summed E-state index contributed by atoms with van der Waals surface area (Å²) >= 11 is 0. The van der Waals surface area contributed by atoms with E-state index < -0.39 is 17.6 Å². The molecule has 2 atom stereocenters. The van der Waals surface area contributed by atoms with Crippen LogP contribution in [0.3, 0.4) is 0 Å². The maximum absolute atomic E-state index is 12.8. The number of nitrogens with one attached hydrogen (secondary N) is 1. The lowest BCUT2D eigenvalue weighted by molar-refractivity contribution is -0.120. The topological polar surface area (TPSA) is 93.7 Å². The maximum atomic E-state index is 12.8. The van der Waals surface area contributed by atoms with Crippen molar-refractivity contribution in [2.75, 3.05) is 18.6 Å². The molecule has 2 aliphatic rings. The molecule has 0 aliphatic carbocycles. The SMILES string of the molecule is CCCC1(C)OCc2cnc(C(=O)NC3COc4ccccc4N(C)C3=O)nc21. The number of carbonyl (C=O) groups excluding carboxylic acids is 2. The number of ether oxygens (including phenoxy) is 2. The Morgan fingerprint density at radius 2 is 2.17 bits per heavy atom. The Labute approximate surface area is 169 Å². The van der Waals surface area contributed by atoms with Crippen LogP contribution in [0.1, 0.15) is 48.6 Å². The molecule has 0 fully saturated rings. The second-order valence-electron chi connectivity index (χ2n) is 7.54. The van der Waals surface area contributed by atoms with Crippen molar-refractivity contribution in [2.24, 2.45) is 0 Å². The molecule has 1 aromatic carbocycles. The molecular formula is C21H24N4O4. The van der Waals surface area contributed by atoms with Gasteiger partial charge in [0.25, 0.3) is 11.8 Å². The highest BCUT2D eigenvalue weighted by atomic mass is 16.5. The number of aromatic nitrogens is 2. The summed E-state index contributed by atoms with van der Waals surface area (Å²) in [6.45, 7) is 4.53. The minimum absolute atomic E-state index is 0.0220. The van der Waals surface area contributed by atoms with Gasteiger partial charge in [0.15, 0.2) is 0 Å². The van der Waals surface area contributed by atoms with E-state index in [1.165, 1.54) is 4.90 Å². The Hall–Kier alpha value is -3.00. The Bertz CT molecular complexity index is 959. The van der Waals surface area contributed by atoms with E-state index >= 15 is 0 Å². The van der Waals surface area contributed by atoms with Gasteiger partial charge in [-0.05, 0) is 25.5 Å². The lowest BCUT2D eigenvalue weighted by Gasteiger charge is -2.23. The number of hydrogen-bond donors (Lipinski definition) is 1. The summed E-state index contributed by atoms with van der Waals surface area (Å²) < 4.78 is 11.6. The van der Waals surface area contributed by atoms with Crippen molar-refractivity contribution in [1.29, 1.82) is 0 Å². The molecule has 2 aromatic rings. The van der Waals surface area contributed by atoms with Crippen molar-refractivity contribution < 1.29 is 19.1 Å². The molecule has 0 saturated heterocycles.